The van der Waals surface area contributed by atoms with E-state index in [0.29, 0.717) is 13.2 Å². The number of hydrogen-bond donors (Lipinski definition) is 3. The molecule has 1 amide bonds. The maximum Gasteiger partial charge on any atom is 0.275 e. The first kappa shape index (κ1) is 22.7. The van der Waals surface area contributed by atoms with Crippen LogP contribution in [0.15, 0.2) is 24.3 Å². The molecule has 0 spiro atoms. The third kappa shape index (κ3) is 6.52. The second-order valence-electron chi connectivity index (χ2n) is 9.12. The molecule has 2 aromatic rings. The minimum atomic E-state index is -0.159. The van der Waals surface area contributed by atoms with Crippen LogP contribution in [0, 0.1) is 6.92 Å². The van der Waals surface area contributed by atoms with E-state index in [9.17, 15) is 4.79 Å². The van der Waals surface area contributed by atoms with Gasteiger partial charge in [-0.1, -0.05) is 0 Å². The lowest BCUT2D eigenvalue weighted by molar-refractivity contribution is -1.02. The quantitative estimate of drug-likeness (QED) is 0.604. The van der Waals surface area contributed by atoms with E-state index in [-0.39, 0.29) is 11.4 Å². The number of benzene rings is 1. The van der Waals surface area contributed by atoms with Crippen LogP contribution >= 0.6 is 11.3 Å². The van der Waals surface area contributed by atoms with Gasteiger partial charge < -0.3 is 19.9 Å². The third-order valence-corrected chi connectivity index (χ3v) is 6.24. The maximum atomic E-state index is 12.2. The van der Waals surface area contributed by atoms with Crippen molar-refractivity contribution < 1.29 is 19.3 Å². The molecule has 3 N–H and O–H groups in total. The molecule has 0 atom stereocenters. The molecule has 0 aliphatic carbocycles. The van der Waals surface area contributed by atoms with E-state index in [0.717, 1.165) is 49.7 Å². The van der Waals surface area contributed by atoms with Gasteiger partial charge in [0.25, 0.3) is 5.91 Å². The summed E-state index contributed by atoms with van der Waals surface area (Å²) < 4.78 is 5.54. The normalized spacial score (nSPS) is 19.5. The molecular weight excluding hydrogens is 396 g/mol. The lowest BCUT2D eigenvalue weighted by atomic mass is 10.1. The lowest BCUT2D eigenvalue weighted by Gasteiger charge is -2.29. The first-order valence-corrected chi connectivity index (χ1v) is 11.7. The van der Waals surface area contributed by atoms with Crippen LogP contribution in [0.5, 0.6) is 5.75 Å². The van der Waals surface area contributed by atoms with Gasteiger partial charge >= 0.3 is 0 Å². The van der Waals surface area contributed by atoms with Crippen molar-refractivity contribution in [3.63, 3.8) is 0 Å². The summed E-state index contributed by atoms with van der Waals surface area (Å²) in [6.07, 6.45) is 0. The summed E-state index contributed by atoms with van der Waals surface area (Å²) in [5.41, 5.74) is 2.07. The first-order valence-electron chi connectivity index (χ1n) is 10.9. The lowest BCUT2D eigenvalue weighted by Crippen LogP contribution is -3.28. The molecule has 0 bridgehead atoms. The molecule has 0 radical (unpaired) electrons. The molecule has 164 valence electrons. The van der Waals surface area contributed by atoms with Crippen LogP contribution in [-0.4, -0.2) is 55.8 Å². The van der Waals surface area contributed by atoms with Crippen LogP contribution in [-0.2, 0) is 11.3 Å². The van der Waals surface area contributed by atoms with Crippen molar-refractivity contribution in [2.24, 2.45) is 0 Å². The number of carbonyl (C=O) groups excluding carboxylic acids is 1. The topological polar surface area (TPSA) is 60.1 Å². The molecule has 6 nitrogen and oxygen atoms in total. The number of nitrogens with zero attached hydrogens (tertiary/aromatic N) is 1. The van der Waals surface area contributed by atoms with Crippen LogP contribution < -0.4 is 19.9 Å². The summed E-state index contributed by atoms with van der Waals surface area (Å²) in [6.45, 7) is 16.7. The third-order valence-electron chi connectivity index (χ3n) is 5.27. The zero-order valence-corrected chi connectivity index (χ0v) is 19.7. The number of thiazole rings is 1. The average molecular weight is 433 g/mol. The fourth-order valence-corrected chi connectivity index (χ4v) is 4.91. The van der Waals surface area contributed by atoms with Crippen molar-refractivity contribution >= 4 is 17.2 Å². The number of quaternary nitrogens is 2. The Labute approximate surface area is 184 Å². The van der Waals surface area contributed by atoms with Crippen molar-refractivity contribution in [1.29, 1.82) is 0 Å². The van der Waals surface area contributed by atoms with Crippen molar-refractivity contribution in [3.05, 3.63) is 34.2 Å². The molecule has 30 heavy (non-hydrogen) atoms. The highest BCUT2D eigenvalue weighted by molar-refractivity contribution is 7.12. The number of rotatable bonds is 7. The standard InChI is InChI=1S/C23H34N4O2S/c1-6-29-19-9-7-18(8-10-19)22-17(2)30-21(24-22)16-27-13-11-26(12-14-27)15-20(28)25-23(3,4)5/h7-10H,6,11-16H2,1-5H3,(H,25,28)/p+2. The molecule has 1 aromatic heterocycles. The summed E-state index contributed by atoms with van der Waals surface area (Å²) in [5, 5.41) is 4.26. The summed E-state index contributed by atoms with van der Waals surface area (Å²) in [7, 11) is 0. The Balaban J connectivity index is 1.52. The van der Waals surface area contributed by atoms with E-state index in [1.54, 1.807) is 16.2 Å². The van der Waals surface area contributed by atoms with Crippen molar-refractivity contribution in [2.75, 3.05) is 39.3 Å². The molecular formula is C23H36N4O2S+2. The number of aryl methyl sites for hydroxylation is 1. The number of hydrogen-bond acceptors (Lipinski definition) is 4. The van der Waals surface area contributed by atoms with E-state index in [1.165, 1.54) is 14.8 Å². The smallest absolute Gasteiger partial charge is 0.275 e. The zero-order chi connectivity index (χ0) is 21.7. The molecule has 2 heterocycles. The largest absolute Gasteiger partial charge is 0.494 e. The highest BCUT2D eigenvalue weighted by Gasteiger charge is 2.27. The molecule has 1 fully saturated rings. The number of aromatic nitrogens is 1. The summed E-state index contributed by atoms with van der Waals surface area (Å²) in [5.74, 6) is 1.05. The van der Waals surface area contributed by atoms with Crippen LogP contribution in [0.25, 0.3) is 11.3 Å². The van der Waals surface area contributed by atoms with Gasteiger partial charge in [0, 0.05) is 16.0 Å². The summed E-state index contributed by atoms with van der Waals surface area (Å²) in [6, 6.07) is 8.21. The zero-order valence-electron chi connectivity index (χ0n) is 18.9. The molecule has 0 saturated carbocycles. The molecule has 1 aliphatic rings. The minimum Gasteiger partial charge on any atom is -0.494 e. The summed E-state index contributed by atoms with van der Waals surface area (Å²) >= 11 is 1.80. The van der Waals surface area contributed by atoms with Gasteiger partial charge in [0.05, 0.1) is 12.3 Å². The molecule has 1 saturated heterocycles. The van der Waals surface area contributed by atoms with Crippen LogP contribution in [0.4, 0.5) is 0 Å². The first-order chi connectivity index (χ1) is 14.2. The SMILES string of the molecule is CCOc1ccc(-c2nc(C[NH+]3CC[NH+](CC(=O)NC(C)(C)C)CC3)sc2C)cc1. The van der Waals surface area contributed by atoms with Gasteiger partial charge in [-0.25, -0.2) is 4.98 Å². The van der Waals surface area contributed by atoms with E-state index in [4.69, 9.17) is 9.72 Å². The fraction of sp³-hybridized carbons (Fsp3) is 0.565. The van der Waals surface area contributed by atoms with Crippen LogP contribution in [0.3, 0.4) is 0 Å². The van der Waals surface area contributed by atoms with Gasteiger partial charge in [-0.2, -0.15) is 0 Å². The molecule has 7 heteroatoms. The Hall–Kier alpha value is -1.96. The summed E-state index contributed by atoms with van der Waals surface area (Å²) in [4.78, 5) is 21.3. The molecule has 3 rings (SSSR count). The van der Waals surface area contributed by atoms with E-state index >= 15 is 0 Å². The number of nitrogens with one attached hydrogen (secondary N) is 3. The Kier molecular flexibility index (Phi) is 7.50. The predicted molar refractivity (Wildman–Crippen MR) is 121 cm³/mol. The van der Waals surface area contributed by atoms with Gasteiger partial charge in [-0.3, -0.25) is 4.79 Å². The second kappa shape index (κ2) is 9.90. The van der Waals surface area contributed by atoms with Crippen LogP contribution in [0.1, 0.15) is 37.6 Å². The molecule has 1 aliphatic heterocycles. The molecule has 1 aromatic carbocycles. The predicted octanol–water partition coefficient (Wildman–Crippen LogP) is 0.715. The number of ether oxygens (including phenoxy) is 1. The minimum absolute atomic E-state index is 0.150. The van der Waals surface area contributed by atoms with Crippen LogP contribution in [0.2, 0.25) is 0 Å². The van der Waals surface area contributed by atoms with Gasteiger partial charge in [-0.05, 0) is 58.9 Å². The van der Waals surface area contributed by atoms with Gasteiger partial charge in [0.1, 0.15) is 43.5 Å². The second-order valence-corrected chi connectivity index (χ2v) is 10.4. The number of amides is 1. The highest BCUT2D eigenvalue weighted by Crippen LogP contribution is 2.28. The van der Waals surface area contributed by atoms with Crippen molar-refractivity contribution in [3.8, 4) is 17.0 Å². The maximum absolute atomic E-state index is 12.2. The Morgan fingerprint density at radius 1 is 1.13 bits per heavy atom. The number of carbonyl (C=O) groups is 1. The highest BCUT2D eigenvalue weighted by atomic mass is 32.1. The Bertz CT molecular complexity index is 834. The van der Waals surface area contributed by atoms with Crippen molar-refractivity contribution in [1.82, 2.24) is 10.3 Å². The fourth-order valence-electron chi connectivity index (χ4n) is 3.88. The van der Waals surface area contributed by atoms with E-state index in [2.05, 4.69) is 24.4 Å². The average Bonchev–Trinajstić information content (AvgIpc) is 3.03. The Morgan fingerprint density at radius 2 is 1.77 bits per heavy atom. The van der Waals surface area contributed by atoms with E-state index < -0.39 is 0 Å². The van der Waals surface area contributed by atoms with Crippen molar-refractivity contribution in [2.45, 2.75) is 46.7 Å². The van der Waals surface area contributed by atoms with Gasteiger partial charge in [-0.15, -0.1) is 11.3 Å². The number of piperazine rings is 1. The van der Waals surface area contributed by atoms with E-state index in [1.807, 2.05) is 39.8 Å². The Morgan fingerprint density at radius 3 is 2.37 bits per heavy atom. The van der Waals surface area contributed by atoms with Gasteiger partial charge in [0.15, 0.2) is 6.54 Å². The van der Waals surface area contributed by atoms with Gasteiger partial charge in [0.2, 0.25) is 0 Å². The monoisotopic (exact) mass is 432 g/mol. The molecule has 0 unspecified atom stereocenters.